The number of halogens is 1. The molecule has 0 bridgehead atoms. The van der Waals surface area contributed by atoms with Crippen LogP contribution in [0.25, 0.3) is 11.1 Å². The first-order chi connectivity index (χ1) is 14.7. The summed E-state index contributed by atoms with van der Waals surface area (Å²) in [5, 5.41) is 2.17. The average molecular weight is 672 g/mol. The number of rotatable bonds is 5. The molecule has 2 rings (SSSR count). The SMILES string of the molecule is CC(C)c1cc(C(C)C)c(-c2ccccc2[PH+](C(C)(C)C)C(C)(C)C)c(C(C)C)c1.[Au+].[CH2-]Cl. The third-order valence-electron chi connectivity index (χ3n) is 6.10. The van der Waals surface area contributed by atoms with Crippen LogP contribution in [0.1, 0.15) is 118 Å². The van der Waals surface area contributed by atoms with Gasteiger partial charge in [-0.1, -0.05) is 71.9 Å². The second kappa shape index (κ2) is 13.3. The van der Waals surface area contributed by atoms with Crippen LogP contribution in [0.3, 0.4) is 0 Å². The number of hydrogen-bond acceptors (Lipinski definition) is 0. The fraction of sp³-hybridized carbons (Fsp3) is 0.567. The summed E-state index contributed by atoms with van der Waals surface area (Å²) in [4.78, 5) is 0. The Hall–Kier alpha value is -0.0997. The first-order valence-corrected chi connectivity index (χ1v) is 14.1. The number of benzene rings is 2. The summed E-state index contributed by atoms with van der Waals surface area (Å²) in [7, 11) is -0.840. The van der Waals surface area contributed by atoms with Gasteiger partial charge in [-0.25, -0.2) is 0 Å². The Morgan fingerprint density at radius 2 is 1.09 bits per heavy atom. The van der Waals surface area contributed by atoms with Crippen LogP contribution in [0.5, 0.6) is 0 Å². The molecule has 0 aliphatic carbocycles. The zero-order valence-electron chi connectivity index (χ0n) is 23.1. The van der Waals surface area contributed by atoms with E-state index >= 15 is 0 Å². The maximum Gasteiger partial charge on any atom is 1.00 e. The molecule has 0 radical (unpaired) electrons. The Bertz CT molecular complexity index is 827. The molecule has 0 amide bonds. The third-order valence-corrected chi connectivity index (χ3v) is 10.1. The van der Waals surface area contributed by atoms with Crippen molar-refractivity contribution >= 4 is 24.8 Å². The summed E-state index contributed by atoms with van der Waals surface area (Å²) < 4.78 is 0. The van der Waals surface area contributed by atoms with Crippen LogP contribution in [0.4, 0.5) is 0 Å². The molecular weight excluding hydrogens is 624 g/mol. The van der Waals surface area contributed by atoms with Crippen LogP contribution in [-0.4, -0.2) is 10.3 Å². The molecule has 0 nitrogen and oxygen atoms in total. The second-order valence-electron chi connectivity index (χ2n) is 12.0. The van der Waals surface area contributed by atoms with Gasteiger partial charge < -0.3 is 11.6 Å². The largest absolute Gasteiger partial charge is 1.00 e. The maximum atomic E-state index is 4.39. The Kier molecular flexibility index (Phi) is 13.2. The smallest absolute Gasteiger partial charge is 0.352 e. The van der Waals surface area contributed by atoms with Crippen molar-refractivity contribution in [1.29, 1.82) is 0 Å². The molecule has 190 valence electrons. The Labute approximate surface area is 227 Å². The van der Waals surface area contributed by atoms with Crippen molar-refractivity contribution in [2.75, 3.05) is 0 Å². The minimum atomic E-state index is -0.840. The molecular formula is C30H48AuClP+. The maximum absolute atomic E-state index is 4.39. The van der Waals surface area contributed by atoms with Crippen LogP contribution in [0.15, 0.2) is 36.4 Å². The third kappa shape index (κ3) is 8.22. The minimum Gasteiger partial charge on any atom is -0.352 e. The fourth-order valence-corrected chi connectivity index (χ4v) is 9.73. The predicted molar refractivity (Wildman–Crippen MR) is 153 cm³/mol. The van der Waals surface area contributed by atoms with Gasteiger partial charge in [0, 0.05) is 13.5 Å². The summed E-state index contributed by atoms with van der Waals surface area (Å²) in [6.07, 6.45) is 2.72. The molecule has 0 saturated carbocycles. The predicted octanol–water partition coefficient (Wildman–Crippen LogP) is 10.2. The topological polar surface area (TPSA) is 0 Å². The molecule has 0 fully saturated rings. The molecule has 0 aromatic heterocycles. The molecule has 0 aliphatic heterocycles. The molecule has 0 spiro atoms. The van der Waals surface area contributed by atoms with Crippen molar-refractivity contribution in [3.63, 3.8) is 0 Å². The van der Waals surface area contributed by atoms with Crippen LogP contribution >= 0.6 is 19.5 Å². The standard InChI is InChI=1S/C29H45P.CH2Cl.Au/c1-19(2)22-17-24(20(3)4)27(25(18-22)21(5)6)23-15-13-14-16-26(23)30(28(7,8)9)29(10,11)12;1-2;/h13-21H,1-12H3;1H2;/q;-1;+1/p+1. The summed E-state index contributed by atoms with van der Waals surface area (Å²) in [5.41, 5.74) is 7.50. The fourth-order valence-electron chi connectivity index (χ4n) is 5.12. The Balaban J connectivity index is 0.00000332. The van der Waals surface area contributed by atoms with Gasteiger partial charge in [0.15, 0.2) is 0 Å². The summed E-state index contributed by atoms with van der Waals surface area (Å²) in [5.74, 6) is 1.56. The normalized spacial score (nSPS) is 12.2. The molecule has 0 N–H and O–H groups in total. The van der Waals surface area contributed by atoms with Gasteiger partial charge in [0.25, 0.3) is 0 Å². The van der Waals surface area contributed by atoms with Crippen LogP contribution in [0, 0.1) is 6.38 Å². The second-order valence-corrected chi connectivity index (χ2v) is 16.2. The first-order valence-electron chi connectivity index (χ1n) is 12.1. The molecule has 33 heavy (non-hydrogen) atoms. The van der Waals surface area contributed by atoms with Gasteiger partial charge in [-0.3, -0.25) is 6.38 Å². The molecule has 2 aromatic rings. The van der Waals surface area contributed by atoms with Gasteiger partial charge in [0.2, 0.25) is 0 Å². The van der Waals surface area contributed by atoms with E-state index in [9.17, 15) is 0 Å². The number of hydrogen-bond donors (Lipinski definition) is 0. The van der Waals surface area contributed by atoms with Gasteiger partial charge in [0.1, 0.15) is 5.30 Å². The van der Waals surface area contributed by atoms with Gasteiger partial charge in [-0.15, -0.1) is 0 Å². The van der Waals surface area contributed by atoms with Gasteiger partial charge in [0.05, 0.1) is 10.3 Å². The zero-order chi connectivity index (χ0) is 25.0. The van der Waals surface area contributed by atoms with Gasteiger partial charge >= 0.3 is 22.4 Å². The van der Waals surface area contributed by atoms with Gasteiger partial charge in [-0.05, 0) is 87.6 Å². The van der Waals surface area contributed by atoms with Gasteiger partial charge in [-0.2, -0.15) is 0 Å². The van der Waals surface area contributed by atoms with E-state index in [-0.39, 0.29) is 32.7 Å². The Morgan fingerprint density at radius 3 is 1.42 bits per heavy atom. The molecule has 0 atom stereocenters. The summed E-state index contributed by atoms with van der Waals surface area (Å²) in [6, 6.07) is 14.3. The quantitative estimate of drug-likeness (QED) is 0.169. The molecule has 0 unspecified atom stereocenters. The first kappa shape index (κ1) is 32.9. The van der Waals surface area contributed by atoms with E-state index in [1.807, 2.05) is 0 Å². The van der Waals surface area contributed by atoms with Crippen molar-refractivity contribution < 1.29 is 22.4 Å². The molecule has 3 heteroatoms. The van der Waals surface area contributed by atoms with Crippen molar-refractivity contribution in [2.24, 2.45) is 0 Å². The van der Waals surface area contributed by atoms with E-state index < -0.39 is 7.92 Å². The van der Waals surface area contributed by atoms with Crippen molar-refractivity contribution in [2.45, 2.75) is 111 Å². The average Bonchev–Trinajstić information content (AvgIpc) is 2.66. The van der Waals surface area contributed by atoms with Crippen LogP contribution in [0.2, 0.25) is 0 Å². The summed E-state index contributed by atoms with van der Waals surface area (Å²) >= 11 is 4.39. The monoisotopic (exact) mass is 671 g/mol. The van der Waals surface area contributed by atoms with Crippen molar-refractivity contribution in [3.8, 4) is 11.1 Å². The van der Waals surface area contributed by atoms with Crippen molar-refractivity contribution in [1.82, 2.24) is 0 Å². The van der Waals surface area contributed by atoms with Crippen LogP contribution in [-0.2, 0) is 22.4 Å². The van der Waals surface area contributed by atoms with E-state index in [1.54, 1.807) is 5.30 Å². The molecule has 2 aromatic carbocycles. The van der Waals surface area contributed by atoms with Crippen LogP contribution < -0.4 is 5.30 Å². The van der Waals surface area contributed by atoms with E-state index in [0.717, 1.165) is 0 Å². The van der Waals surface area contributed by atoms with E-state index in [1.165, 1.54) is 27.8 Å². The molecule has 0 saturated heterocycles. The van der Waals surface area contributed by atoms with E-state index in [4.69, 9.17) is 0 Å². The van der Waals surface area contributed by atoms with E-state index in [2.05, 4.69) is 137 Å². The van der Waals surface area contributed by atoms with E-state index in [0.29, 0.717) is 17.8 Å². The Morgan fingerprint density at radius 1 is 0.697 bits per heavy atom. The zero-order valence-corrected chi connectivity index (χ0v) is 27.0. The molecule has 0 aliphatic rings. The van der Waals surface area contributed by atoms with Crippen molar-refractivity contribution in [3.05, 3.63) is 59.5 Å². The molecule has 0 heterocycles. The minimum absolute atomic E-state index is 0. The summed E-state index contributed by atoms with van der Waals surface area (Å²) in [6.45, 7) is 28.7.